The minimum Gasteiger partial charge on any atom is -0.481 e. The van der Waals surface area contributed by atoms with Crippen LogP contribution in [0.1, 0.15) is 99.8 Å². The van der Waals surface area contributed by atoms with Crippen LogP contribution in [0.5, 0.6) is 0 Å². The number of hydrogen-bond acceptors (Lipinski definition) is 7. The van der Waals surface area contributed by atoms with Crippen LogP contribution in [0.15, 0.2) is 22.8 Å². The highest BCUT2D eigenvalue weighted by atomic mass is 16.6. The summed E-state index contributed by atoms with van der Waals surface area (Å²) >= 11 is 0. The van der Waals surface area contributed by atoms with Gasteiger partial charge in [0.25, 0.3) is 0 Å². The van der Waals surface area contributed by atoms with E-state index in [-0.39, 0.29) is 47.6 Å². The van der Waals surface area contributed by atoms with E-state index in [4.69, 9.17) is 9.47 Å². The molecular weight excluding hydrogens is 512 g/mol. The molecule has 0 aromatic rings. The number of cyclic esters (lactones) is 1. The number of carbonyl (C=O) groups excluding carboxylic acids is 2. The molecule has 3 aliphatic carbocycles. The maximum atomic E-state index is 12.4. The van der Waals surface area contributed by atoms with E-state index in [1.807, 2.05) is 0 Å². The Labute approximate surface area is 238 Å². The normalized spacial score (nSPS) is 38.6. The first kappa shape index (κ1) is 30.8. The average Bonchev–Trinajstić information content (AvgIpc) is 3.13. The molecule has 40 heavy (non-hydrogen) atoms. The number of aliphatic hydroxyl groups excluding tert-OH is 1. The van der Waals surface area contributed by atoms with Crippen molar-refractivity contribution >= 4 is 17.9 Å². The Bertz CT molecular complexity index is 1090. The number of carboxylic acid groups (broad SMARTS) is 1. The number of rotatable bonds is 8. The Morgan fingerprint density at radius 2 is 1.85 bits per heavy atom. The van der Waals surface area contributed by atoms with Crippen molar-refractivity contribution in [2.24, 2.45) is 34.0 Å². The van der Waals surface area contributed by atoms with Crippen molar-refractivity contribution in [1.29, 1.82) is 0 Å². The Balaban J connectivity index is 1.78. The number of aliphatic carboxylic acids is 1. The van der Waals surface area contributed by atoms with Gasteiger partial charge in [-0.05, 0) is 94.5 Å². The fourth-order valence-corrected chi connectivity index (χ4v) is 9.40. The zero-order chi connectivity index (χ0) is 29.8. The van der Waals surface area contributed by atoms with E-state index < -0.39 is 35.2 Å². The Morgan fingerprint density at radius 3 is 2.45 bits per heavy atom. The first-order chi connectivity index (χ1) is 18.5. The summed E-state index contributed by atoms with van der Waals surface area (Å²) in [7, 11) is 0. The molecule has 0 aromatic heterocycles. The molecule has 4 aliphatic rings. The van der Waals surface area contributed by atoms with Crippen LogP contribution >= 0.6 is 0 Å². The second-order valence-corrected chi connectivity index (χ2v) is 14.0. The van der Waals surface area contributed by atoms with Gasteiger partial charge in [-0.2, -0.15) is 0 Å². The zero-order valence-electron chi connectivity index (χ0n) is 25.2. The van der Waals surface area contributed by atoms with E-state index in [1.165, 1.54) is 18.1 Å². The topological polar surface area (TPSA) is 130 Å². The fourth-order valence-electron chi connectivity index (χ4n) is 9.40. The molecule has 0 aromatic carbocycles. The minimum atomic E-state index is -1.09. The largest absolute Gasteiger partial charge is 0.481 e. The molecule has 1 aliphatic heterocycles. The van der Waals surface area contributed by atoms with Crippen LogP contribution in [-0.4, -0.2) is 57.6 Å². The standard InChI is InChI=1S/C32H48O8/c1-18-16-24(34)27(40-28(18)37)19(2)21-10-13-31(7)22-8-9-25(29(4,5)38)32(15-12-26(35)36,17-39-20(3)33)23(22)11-14-30(21,31)6/h16,19,21,24-25,27,34,38H,8-15,17H2,1-7H3,(H,35,36)/t19-,21+,24-,25-,27+,30+,31-,32-/m0/s1. The van der Waals surface area contributed by atoms with Crippen LogP contribution in [0, 0.1) is 34.0 Å². The van der Waals surface area contributed by atoms with Gasteiger partial charge in [0.15, 0.2) is 0 Å². The third-order valence-electron chi connectivity index (χ3n) is 11.6. The van der Waals surface area contributed by atoms with Crippen molar-refractivity contribution in [2.75, 3.05) is 6.61 Å². The summed E-state index contributed by atoms with van der Waals surface area (Å²) in [4.78, 5) is 36.2. The lowest BCUT2D eigenvalue weighted by Crippen LogP contribution is -2.55. The predicted molar refractivity (Wildman–Crippen MR) is 149 cm³/mol. The molecule has 8 heteroatoms. The summed E-state index contributed by atoms with van der Waals surface area (Å²) in [5.41, 5.74) is 0.758. The zero-order valence-corrected chi connectivity index (χ0v) is 25.2. The number of carboxylic acids is 1. The maximum Gasteiger partial charge on any atom is 0.333 e. The van der Waals surface area contributed by atoms with Crippen LogP contribution in [0.25, 0.3) is 0 Å². The first-order valence-electron chi connectivity index (χ1n) is 14.9. The molecule has 3 N–H and O–H groups in total. The number of esters is 2. The van der Waals surface area contributed by atoms with Gasteiger partial charge in [0.1, 0.15) is 18.8 Å². The molecular formula is C32H48O8. The Kier molecular flexibility index (Phi) is 8.13. The van der Waals surface area contributed by atoms with Crippen LogP contribution in [-0.2, 0) is 23.9 Å². The highest BCUT2D eigenvalue weighted by Gasteiger charge is 2.64. The lowest BCUT2D eigenvalue weighted by atomic mass is 9.46. The van der Waals surface area contributed by atoms with E-state index in [9.17, 15) is 29.7 Å². The third kappa shape index (κ3) is 4.93. The minimum absolute atomic E-state index is 0.0530. The summed E-state index contributed by atoms with van der Waals surface area (Å²) in [6.45, 7) is 13.4. The summed E-state index contributed by atoms with van der Waals surface area (Å²) in [6, 6.07) is 0. The molecule has 0 saturated heterocycles. The third-order valence-corrected chi connectivity index (χ3v) is 11.6. The van der Waals surface area contributed by atoms with E-state index in [0.717, 1.165) is 32.1 Å². The van der Waals surface area contributed by atoms with E-state index in [2.05, 4.69) is 20.8 Å². The van der Waals surface area contributed by atoms with E-state index >= 15 is 0 Å². The van der Waals surface area contributed by atoms with E-state index in [0.29, 0.717) is 18.4 Å². The highest BCUT2D eigenvalue weighted by molar-refractivity contribution is 5.88. The van der Waals surface area contributed by atoms with Gasteiger partial charge < -0.3 is 24.8 Å². The van der Waals surface area contributed by atoms with Crippen molar-refractivity contribution in [3.8, 4) is 0 Å². The molecule has 4 rings (SSSR count). The molecule has 0 amide bonds. The van der Waals surface area contributed by atoms with Crippen molar-refractivity contribution in [1.82, 2.24) is 0 Å². The molecule has 1 fully saturated rings. The molecule has 8 nitrogen and oxygen atoms in total. The SMILES string of the molecule is CC(=O)OC[C@@]1(CCC(=O)O)C2=C(CC[C@H]1C(C)(C)O)[C@]1(C)CC[C@H]([C@H](C)[C@H]3OC(=O)C(C)=C[C@@H]3O)[C@@]1(C)CC2. The summed E-state index contributed by atoms with van der Waals surface area (Å²) < 4.78 is 11.4. The van der Waals surface area contributed by atoms with Gasteiger partial charge in [0, 0.05) is 30.3 Å². The second-order valence-electron chi connectivity index (χ2n) is 14.0. The summed E-state index contributed by atoms with van der Waals surface area (Å²) in [6.07, 6.45) is 5.30. The van der Waals surface area contributed by atoms with Crippen molar-refractivity contribution in [3.05, 3.63) is 22.8 Å². The lowest BCUT2D eigenvalue weighted by Gasteiger charge is -2.59. The van der Waals surface area contributed by atoms with Gasteiger partial charge in [-0.1, -0.05) is 31.9 Å². The first-order valence-corrected chi connectivity index (χ1v) is 14.9. The number of ether oxygens (including phenoxy) is 2. The van der Waals surface area contributed by atoms with Gasteiger partial charge in [0.2, 0.25) is 0 Å². The molecule has 1 saturated carbocycles. The second kappa shape index (κ2) is 10.6. The van der Waals surface area contributed by atoms with Crippen molar-refractivity contribution < 1.29 is 39.2 Å². The smallest absolute Gasteiger partial charge is 0.333 e. The summed E-state index contributed by atoms with van der Waals surface area (Å²) in [5.74, 6) is -1.80. The van der Waals surface area contributed by atoms with Crippen molar-refractivity contribution in [3.63, 3.8) is 0 Å². The molecule has 8 atom stereocenters. The Morgan fingerprint density at radius 1 is 1.18 bits per heavy atom. The number of carbonyl (C=O) groups is 3. The quantitative estimate of drug-likeness (QED) is 0.280. The molecule has 0 radical (unpaired) electrons. The fraction of sp³-hybridized carbons (Fsp3) is 0.781. The number of allylic oxidation sites excluding steroid dienone is 1. The predicted octanol–water partition coefficient (Wildman–Crippen LogP) is 4.96. The van der Waals surface area contributed by atoms with Gasteiger partial charge in [-0.25, -0.2) is 4.79 Å². The maximum absolute atomic E-state index is 12.4. The van der Waals surface area contributed by atoms with Gasteiger partial charge in [-0.3, -0.25) is 9.59 Å². The highest BCUT2D eigenvalue weighted by Crippen LogP contribution is 2.71. The van der Waals surface area contributed by atoms with Gasteiger partial charge >= 0.3 is 17.9 Å². The van der Waals surface area contributed by atoms with Gasteiger partial charge in [-0.15, -0.1) is 0 Å². The van der Waals surface area contributed by atoms with Crippen LogP contribution in [0.4, 0.5) is 0 Å². The van der Waals surface area contributed by atoms with Crippen LogP contribution in [0.2, 0.25) is 0 Å². The number of hydrogen-bond donors (Lipinski definition) is 3. The molecule has 0 unspecified atom stereocenters. The molecule has 1 heterocycles. The monoisotopic (exact) mass is 560 g/mol. The Hall–Kier alpha value is -2.19. The molecule has 224 valence electrons. The molecule has 0 spiro atoms. The van der Waals surface area contributed by atoms with Crippen LogP contribution in [0.3, 0.4) is 0 Å². The van der Waals surface area contributed by atoms with Crippen molar-refractivity contribution in [2.45, 2.75) is 118 Å². The number of aliphatic hydroxyl groups is 2. The average molecular weight is 561 g/mol. The molecule has 0 bridgehead atoms. The van der Waals surface area contributed by atoms with E-state index in [1.54, 1.807) is 26.8 Å². The van der Waals surface area contributed by atoms with Gasteiger partial charge in [0.05, 0.1) is 5.60 Å². The number of fused-ring (bicyclic) bond motifs is 2. The lowest BCUT2D eigenvalue weighted by molar-refractivity contribution is -0.159. The van der Waals surface area contributed by atoms with Crippen LogP contribution < -0.4 is 0 Å². The summed E-state index contributed by atoms with van der Waals surface area (Å²) in [5, 5.41) is 31.9.